The molecule has 1 rings (SSSR count). The van der Waals surface area contributed by atoms with E-state index >= 15 is 0 Å². The average Bonchev–Trinajstić information content (AvgIpc) is 2.37. The zero-order valence-electron chi connectivity index (χ0n) is 11.9. The zero-order valence-corrected chi connectivity index (χ0v) is 13.4. The second-order valence-electron chi connectivity index (χ2n) is 4.79. The van der Waals surface area contributed by atoms with Gasteiger partial charge in [-0.15, -0.1) is 0 Å². The van der Waals surface area contributed by atoms with Crippen LogP contribution >= 0.6 is 23.2 Å². The fourth-order valence-electron chi connectivity index (χ4n) is 1.54. The third kappa shape index (κ3) is 6.85. The molecule has 0 aliphatic carbocycles. The van der Waals surface area contributed by atoms with Gasteiger partial charge < -0.3 is 14.6 Å². The summed E-state index contributed by atoms with van der Waals surface area (Å²) in [5, 5.41) is 9.43. The molecule has 1 aromatic carbocycles. The second-order valence-corrected chi connectivity index (χ2v) is 5.64. The van der Waals surface area contributed by atoms with E-state index < -0.39 is 5.97 Å². The number of rotatable bonds is 8. The van der Waals surface area contributed by atoms with Gasteiger partial charge in [0.25, 0.3) is 0 Å². The van der Waals surface area contributed by atoms with E-state index in [1.165, 1.54) is 6.08 Å². The van der Waals surface area contributed by atoms with Crippen LogP contribution in [-0.2, 0) is 9.53 Å². The van der Waals surface area contributed by atoms with Crippen LogP contribution in [0.4, 0.5) is 0 Å². The van der Waals surface area contributed by atoms with E-state index in [1.807, 2.05) is 0 Å². The second kappa shape index (κ2) is 8.93. The van der Waals surface area contributed by atoms with Crippen molar-refractivity contribution in [3.05, 3.63) is 33.8 Å². The van der Waals surface area contributed by atoms with E-state index in [9.17, 15) is 4.79 Å². The molecule has 0 bridgehead atoms. The van der Waals surface area contributed by atoms with Gasteiger partial charge in [0, 0.05) is 23.3 Å². The van der Waals surface area contributed by atoms with Crippen molar-refractivity contribution in [2.24, 2.45) is 5.92 Å². The van der Waals surface area contributed by atoms with Crippen molar-refractivity contribution >= 4 is 35.2 Å². The van der Waals surface area contributed by atoms with Crippen LogP contribution < -0.4 is 4.74 Å². The maximum atomic E-state index is 10.6. The van der Waals surface area contributed by atoms with E-state index in [0.29, 0.717) is 47.1 Å². The molecule has 0 atom stereocenters. The Kier molecular flexibility index (Phi) is 7.57. The molecule has 1 aromatic rings. The third-order valence-electron chi connectivity index (χ3n) is 2.37. The van der Waals surface area contributed by atoms with Crippen molar-refractivity contribution in [3.63, 3.8) is 0 Å². The van der Waals surface area contributed by atoms with Crippen LogP contribution in [0.5, 0.6) is 5.75 Å². The Morgan fingerprint density at radius 2 is 2.05 bits per heavy atom. The SMILES string of the molecule is CC(C)COCCOc1c(Cl)cc(Cl)cc1/C=C/C(=O)O. The molecule has 0 aromatic heterocycles. The number of hydrogen-bond donors (Lipinski definition) is 1. The summed E-state index contributed by atoms with van der Waals surface area (Å²) in [6.45, 7) is 5.53. The van der Waals surface area contributed by atoms with Crippen LogP contribution in [0.2, 0.25) is 10.0 Å². The third-order valence-corrected chi connectivity index (χ3v) is 2.87. The number of halogens is 2. The van der Waals surface area contributed by atoms with E-state index in [1.54, 1.807) is 12.1 Å². The molecule has 116 valence electrons. The van der Waals surface area contributed by atoms with Gasteiger partial charge in [0.2, 0.25) is 0 Å². The lowest BCUT2D eigenvalue weighted by Crippen LogP contribution is -2.10. The average molecular weight is 333 g/mol. The number of carboxylic acid groups (broad SMARTS) is 1. The molecular weight excluding hydrogens is 315 g/mol. The normalized spacial score (nSPS) is 11.3. The first-order valence-electron chi connectivity index (χ1n) is 6.50. The van der Waals surface area contributed by atoms with Crippen LogP contribution in [0, 0.1) is 5.92 Å². The van der Waals surface area contributed by atoms with Gasteiger partial charge in [-0.05, 0) is 24.1 Å². The zero-order chi connectivity index (χ0) is 15.8. The van der Waals surface area contributed by atoms with Gasteiger partial charge >= 0.3 is 5.97 Å². The van der Waals surface area contributed by atoms with Gasteiger partial charge in [0.15, 0.2) is 0 Å². The molecular formula is C15H18Cl2O4. The predicted octanol–water partition coefficient (Wildman–Crippen LogP) is 4.14. The van der Waals surface area contributed by atoms with Crippen LogP contribution in [0.25, 0.3) is 6.08 Å². The number of ether oxygens (including phenoxy) is 2. The first-order chi connectivity index (χ1) is 9.90. The summed E-state index contributed by atoms with van der Waals surface area (Å²) in [6, 6.07) is 3.14. The highest BCUT2D eigenvalue weighted by atomic mass is 35.5. The molecule has 0 saturated heterocycles. The van der Waals surface area contributed by atoms with Crippen molar-refractivity contribution < 1.29 is 19.4 Å². The Morgan fingerprint density at radius 1 is 1.33 bits per heavy atom. The van der Waals surface area contributed by atoms with Crippen molar-refractivity contribution in [3.8, 4) is 5.75 Å². The van der Waals surface area contributed by atoms with E-state index in [2.05, 4.69) is 13.8 Å². The standard InChI is InChI=1S/C15H18Cl2O4/c1-10(2)9-20-5-6-21-15-11(3-4-14(18)19)7-12(16)8-13(15)17/h3-4,7-8,10H,5-6,9H2,1-2H3,(H,18,19)/b4-3+. The molecule has 0 aliphatic heterocycles. The quantitative estimate of drug-likeness (QED) is 0.574. The minimum absolute atomic E-state index is 0.321. The lowest BCUT2D eigenvalue weighted by Gasteiger charge is -2.12. The first kappa shape index (κ1) is 17.8. The summed E-state index contributed by atoms with van der Waals surface area (Å²) < 4.78 is 11.0. The van der Waals surface area contributed by atoms with Crippen LogP contribution in [0.15, 0.2) is 18.2 Å². The number of benzene rings is 1. The van der Waals surface area contributed by atoms with Crippen molar-refractivity contribution in [1.82, 2.24) is 0 Å². The maximum absolute atomic E-state index is 10.6. The molecule has 0 aliphatic rings. The fourth-order valence-corrected chi connectivity index (χ4v) is 2.10. The lowest BCUT2D eigenvalue weighted by molar-refractivity contribution is -0.131. The first-order valence-corrected chi connectivity index (χ1v) is 7.26. The van der Waals surface area contributed by atoms with Gasteiger partial charge in [-0.2, -0.15) is 0 Å². The highest BCUT2D eigenvalue weighted by molar-refractivity contribution is 6.35. The summed E-state index contributed by atoms with van der Waals surface area (Å²) >= 11 is 12.0. The number of aliphatic carboxylic acids is 1. The maximum Gasteiger partial charge on any atom is 0.328 e. The van der Waals surface area contributed by atoms with Crippen LogP contribution in [-0.4, -0.2) is 30.9 Å². The summed E-state index contributed by atoms with van der Waals surface area (Å²) in [6.07, 6.45) is 2.40. The van der Waals surface area contributed by atoms with E-state index in [-0.39, 0.29) is 0 Å². The minimum atomic E-state index is -1.06. The smallest absolute Gasteiger partial charge is 0.328 e. The summed E-state index contributed by atoms with van der Waals surface area (Å²) in [5.41, 5.74) is 0.513. The summed E-state index contributed by atoms with van der Waals surface area (Å²) in [5.74, 6) is -0.206. The fraction of sp³-hybridized carbons (Fsp3) is 0.400. The van der Waals surface area contributed by atoms with Gasteiger partial charge in [0.05, 0.1) is 11.6 Å². The van der Waals surface area contributed by atoms with Crippen molar-refractivity contribution in [2.75, 3.05) is 19.8 Å². The Bertz CT molecular complexity index is 513. The number of carboxylic acids is 1. The Labute approximate surface area is 134 Å². The van der Waals surface area contributed by atoms with Gasteiger partial charge in [-0.3, -0.25) is 0 Å². The van der Waals surface area contributed by atoms with Crippen LogP contribution in [0.1, 0.15) is 19.4 Å². The molecule has 6 heteroatoms. The monoisotopic (exact) mass is 332 g/mol. The molecule has 0 radical (unpaired) electrons. The van der Waals surface area contributed by atoms with E-state index in [0.717, 1.165) is 6.08 Å². The minimum Gasteiger partial charge on any atom is -0.489 e. The van der Waals surface area contributed by atoms with Gasteiger partial charge in [0.1, 0.15) is 12.4 Å². The Morgan fingerprint density at radius 3 is 2.67 bits per heavy atom. The number of hydrogen-bond acceptors (Lipinski definition) is 3. The molecule has 4 nitrogen and oxygen atoms in total. The van der Waals surface area contributed by atoms with Crippen molar-refractivity contribution in [1.29, 1.82) is 0 Å². The lowest BCUT2D eigenvalue weighted by atomic mass is 10.2. The van der Waals surface area contributed by atoms with Gasteiger partial charge in [-0.25, -0.2) is 4.79 Å². The molecule has 21 heavy (non-hydrogen) atoms. The largest absolute Gasteiger partial charge is 0.489 e. The molecule has 0 fully saturated rings. The highest BCUT2D eigenvalue weighted by Gasteiger charge is 2.09. The molecule has 0 amide bonds. The Hall–Kier alpha value is -1.23. The molecule has 0 saturated carbocycles. The molecule has 0 spiro atoms. The van der Waals surface area contributed by atoms with E-state index in [4.69, 9.17) is 37.8 Å². The molecule has 1 N–H and O–H groups in total. The molecule has 0 heterocycles. The summed E-state index contributed by atoms with van der Waals surface area (Å²) in [7, 11) is 0. The molecule has 0 unspecified atom stereocenters. The topological polar surface area (TPSA) is 55.8 Å². The Balaban J connectivity index is 2.73. The van der Waals surface area contributed by atoms with Crippen molar-refractivity contribution in [2.45, 2.75) is 13.8 Å². The predicted molar refractivity (Wildman–Crippen MR) is 84.3 cm³/mol. The highest BCUT2D eigenvalue weighted by Crippen LogP contribution is 2.33. The van der Waals surface area contributed by atoms with Crippen LogP contribution in [0.3, 0.4) is 0 Å². The number of carbonyl (C=O) groups is 1. The summed E-state index contributed by atoms with van der Waals surface area (Å²) in [4.78, 5) is 10.6. The van der Waals surface area contributed by atoms with Gasteiger partial charge in [-0.1, -0.05) is 37.0 Å².